The van der Waals surface area contributed by atoms with Crippen LogP contribution in [-0.4, -0.2) is 20.0 Å². The van der Waals surface area contributed by atoms with Gasteiger partial charge in [-0.3, -0.25) is 0 Å². The molecular weight excluding hydrogens is 328 g/mol. The van der Waals surface area contributed by atoms with Crippen molar-refractivity contribution < 1.29 is 4.74 Å². The minimum absolute atomic E-state index is 0.365. The van der Waals surface area contributed by atoms with Gasteiger partial charge in [-0.1, -0.05) is 29.5 Å². The molecule has 0 aliphatic heterocycles. The number of hydrogen-bond acceptors (Lipinski definition) is 5. The van der Waals surface area contributed by atoms with Crippen molar-refractivity contribution in [1.82, 2.24) is 20.0 Å². The van der Waals surface area contributed by atoms with E-state index in [1.165, 1.54) is 11.3 Å². The molecule has 3 rings (SSSR count). The Morgan fingerprint density at radius 3 is 2.74 bits per heavy atom. The van der Waals surface area contributed by atoms with Gasteiger partial charge in [0, 0.05) is 6.20 Å². The van der Waals surface area contributed by atoms with E-state index in [-0.39, 0.29) is 0 Å². The van der Waals surface area contributed by atoms with Crippen LogP contribution in [0, 0.1) is 0 Å². The third-order valence-corrected chi connectivity index (χ3v) is 3.75. The molecule has 0 N–H and O–H groups in total. The first-order chi connectivity index (χ1) is 9.31. The van der Waals surface area contributed by atoms with Crippen LogP contribution in [0.4, 0.5) is 0 Å². The zero-order valence-electron chi connectivity index (χ0n) is 9.73. The Balaban J connectivity index is 1.68. The zero-order valence-corrected chi connectivity index (χ0v) is 12.1. The number of rotatable bonds is 4. The van der Waals surface area contributed by atoms with Crippen LogP contribution in [0.5, 0.6) is 5.75 Å². The molecule has 0 fully saturated rings. The van der Waals surface area contributed by atoms with E-state index in [1.807, 2.05) is 42.6 Å². The predicted octanol–water partition coefficient (Wildman–Crippen LogP) is 3.20. The van der Waals surface area contributed by atoms with Crippen molar-refractivity contribution in [2.45, 2.75) is 6.73 Å². The fourth-order valence-corrected chi connectivity index (χ4v) is 2.59. The summed E-state index contributed by atoms with van der Waals surface area (Å²) in [6.07, 6.45) is 1.85. The summed E-state index contributed by atoms with van der Waals surface area (Å²) in [6, 6.07) is 11.5. The lowest BCUT2D eigenvalue weighted by molar-refractivity contribution is 0.221. The lowest BCUT2D eigenvalue weighted by atomic mass is 10.3. The van der Waals surface area contributed by atoms with Crippen LogP contribution in [0.15, 0.2) is 46.5 Å². The summed E-state index contributed by atoms with van der Waals surface area (Å²) in [4.78, 5) is 0. The number of para-hydroxylation sites is 1. The number of nitrogens with zero attached hydrogens (tertiary/aromatic N) is 4. The Morgan fingerprint density at radius 2 is 2.00 bits per heavy atom. The van der Waals surface area contributed by atoms with Crippen molar-refractivity contribution >= 4 is 27.3 Å². The van der Waals surface area contributed by atoms with E-state index in [0.717, 1.165) is 20.4 Å². The van der Waals surface area contributed by atoms with E-state index in [0.29, 0.717) is 6.73 Å². The quantitative estimate of drug-likeness (QED) is 0.734. The lowest BCUT2D eigenvalue weighted by Crippen LogP contribution is -2.05. The topological polar surface area (TPSA) is 52.8 Å². The third kappa shape index (κ3) is 2.99. The molecular formula is C12H9BrN4OS. The number of aromatic nitrogens is 4. The van der Waals surface area contributed by atoms with Gasteiger partial charge in [-0.25, -0.2) is 4.68 Å². The predicted molar refractivity (Wildman–Crippen MR) is 75.9 cm³/mol. The Labute approximate surface area is 122 Å². The molecule has 2 aromatic heterocycles. The highest BCUT2D eigenvalue weighted by Crippen LogP contribution is 2.24. The summed E-state index contributed by atoms with van der Waals surface area (Å²) in [7, 11) is 0. The summed E-state index contributed by atoms with van der Waals surface area (Å²) >= 11 is 4.73. The molecule has 19 heavy (non-hydrogen) atoms. The largest absolute Gasteiger partial charge is 0.471 e. The molecule has 0 unspecified atom stereocenters. The molecule has 96 valence electrons. The van der Waals surface area contributed by atoms with Gasteiger partial charge in [0.1, 0.15) is 11.4 Å². The molecule has 0 atom stereocenters. The molecule has 0 aliphatic rings. The van der Waals surface area contributed by atoms with E-state index < -0.39 is 0 Å². The Kier molecular flexibility index (Phi) is 3.56. The summed E-state index contributed by atoms with van der Waals surface area (Å²) < 4.78 is 8.07. The molecule has 5 nitrogen and oxygen atoms in total. The maximum atomic E-state index is 5.61. The number of hydrogen-bond donors (Lipinski definition) is 0. The molecule has 0 aliphatic carbocycles. The molecule has 0 saturated carbocycles. The first-order valence-corrected chi connectivity index (χ1v) is 7.13. The second kappa shape index (κ2) is 5.50. The van der Waals surface area contributed by atoms with E-state index >= 15 is 0 Å². The molecule has 0 radical (unpaired) electrons. The Bertz CT molecular complexity index is 667. The molecule has 2 heterocycles. The summed E-state index contributed by atoms with van der Waals surface area (Å²) in [5.74, 6) is 0.818. The van der Waals surface area contributed by atoms with E-state index in [2.05, 4.69) is 31.2 Å². The highest BCUT2D eigenvalue weighted by Gasteiger charge is 2.08. The minimum atomic E-state index is 0.365. The standard InChI is InChI=1S/C12H9BrN4OS/c13-12-15-14-11(19-12)10-6-7-17(16-10)8-18-9-4-2-1-3-5-9/h1-7H,8H2. The van der Waals surface area contributed by atoms with Gasteiger partial charge in [-0.05, 0) is 34.1 Å². The Morgan fingerprint density at radius 1 is 1.16 bits per heavy atom. The number of benzene rings is 1. The molecule has 0 saturated heterocycles. The van der Waals surface area contributed by atoms with Gasteiger partial charge in [0.15, 0.2) is 15.7 Å². The lowest BCUT2D eigenvalue weighted by Gasteiger charge is -2.05. The summed E-state index contributed by atoms with van der Waals surface area (Å²) in [5, 5.41) is 13.1. The molecule has 0 bridgehead atoms. The molecule has 0 spiro atoms. The van der Waals surface area contributed by atoms with Crippen LogP contribution >= 0.6 is 27.3 Å². The van der Waals surface area contributed by atoms with Gasteiger partial charge >= 0.3 is 0 Å². The second-order valence-corrected chi connectivity index (χ2v) is 5.94. The van der Waals surface area contributed by atoms with Gasteiger partial charge < -0.3 is 4.74 Å². The average molecular weight is 337 g/mol. The van der Waals surface area contributed by atoms with Gasteiger partial charge in [-0.15, -0.1) is 10.2 Å². The first-order valence-electron chi connectivity index (χ1n) is 5.52. The van der Waals surface area contributed by atoms with Gasteiger partial charge in [0.05, 0.1) is 0 Å². The van der Waals surface area contributed by atoms with Gasteiger partial charge in [0.2, 0.25) is 0 Å². The van der Waals surface area contributed by atoms with Crippen molar-refractivity contribution in [3.8, 4) is 16.5 Å². The van der Waals surface area contributed by atoms with Crippen LogP contribution in [0.2, 0.25) is 0 Å². The normalized spacial score (nSPS) is 10.6. The van der Waals surface area contributed by atoms with Crippen LogP contribution in [0.1, 0.15) is 0 Å². The molecule has 3 aromatic rings. The first kappa shape index (κ1) is 12.3. The molecule has 7 heteroatoms. The molecule has 0 amide bonds. The van der Waals surface area contributed by atoms with Crippen molar-refractivity contribution in [3.05, 3.63) is 46.5 Å². The van der Waals surface area contributed by atoms with Crippen LogP contribution < -0.4 is 4.74 Å². The third-order valence-electron chi connectivity index (χ3n) is 2.37. The minimum Gasteiger partial charge on any atom is -0.471 e. The maximum absolute atomic E-state index is 5.61. The Hall–Kier alpha value is -1.73. The molecule has 1 aromatic carbocycles. The fraction of sp³-hybridized carbons (Fsp3) is 0.0833. The van der Waals surface area contributed by atoms with Crippen molar-refractivity contribution in [2.24, 2.45) is 0 Å². The van der Waals surface area contributed by atoms with Crippen LogP contribution in [-0.2, 0) is 6.73 Å². The number of ether oxygens (including phenoxy) is 1. The smallest absolute Gasteiger partial charge is 0.183 e. The van der Waals surface area contributed by atoms with Crippen molar-refractivity contribution in [3.63, 3.8) is 0 Å². The van der Waals surface area contributed by atoms with Crippen molar-refractivity contribution in [2.75, 3.05) is 0 Å². The summed E-state index contributed by atoms with van der Waals surface area (Å²) in [6.45, 7) is 0.365. The number of halogens is 1. The van der Waals surface area contributed by atoms with Crippen LogP contribution in [0.3, 0.4) is 0 Å². The van der Waals surface area contributed by atoms with Gasteiger partial charge in [-0.2, -0.15) is 5.10 Å². The highest BCUT2D eigenvalue weighted by atomic mass is 79.9. The average Bonchev–Trinajstić information content (AvgIpc) is 3.06. The SMILES string of the molecule is Brc1nnc(-c2ccn(COc3ccccc3)n2)s1. The van der Waals surface area contributed by atoms with Crippen LogP contribution in [0.25, 0.3) is 10.7 Å². The van der Waals surface area contributed by atoms with E-state index in [1.54, 1.807) is 4.68 Å². The van der Waals surface area contributed by atoms with Crippen molar-refractivity contribution in [1.29, 1.82) is 0 Å². The maximum Gasteiger partial charge on any atom is 0.183 e. The van der Waals surface area contributed by atoms with Gasteiger partial charge in [0.25, 0.3) is 0 Å². The fourth-order valence-electron chi connectivity index (χ4n) is 1.51. The zero-order chi connectivity index (χ0) is 13.1. The summed E-state index contributed by atoms with van der Waals surface area (Å²) in [5.41, 5.74) is 0.792. The van der Waals surface area contributed by atoms with E-state index in [4.69, 9.17) is 4.74 Å². The monoisotopic (exact) mass is 336 g/mol. The van der Waals surface area contributed by atoms with E-state index in [9.17, 15) is 0 Å². The highest BCUT2D eigenvalue weighted by molar-refractivity contribution is 9.11. The second-order valence-electron chi connectivity index (χ2n) is 3.69.